The van der Waals surface area contributed by atoms with E-state index < -0.39 is 0 Å². The van der Waals surface area contributed by atoms with E-state index in [2.05, 4.69) is 38.1 Å². The molecule has 0 amide bonds. The van der Waals surface area contributed by atoms with E-state index in [0.29, 0.717) is 5.25 Å². The Bertz CT molecular complexity index is 247. The third-order valence-corrected chi connectivity index (χ3v) is 2.78. The van der Waals surface area contributed by atoms with Crippen molar-refractivity contribution in [3.63, 3.8) is 0 Å². The van der Waals surface area contributed by atoms with Crippen molar-refractivity contribution >= 4 is 11.8 Å². The molecule has 0 aliphatic heterocycles. The molecule has 1 aromatic carbocycles. The van der Waals surface area contributed by atoms with Gasteiger partial charge in [-0.05, 0) is 19.1 Å². The first-order valence-electron chi connectivity index (χ1n) is 4.16. The van der Waals surface area contributed by atoms with Gasteiger partial charge in [0.2, 0.25) is 0 Å². The van der Waals surface area contributed by atoms with Gasteiger partial charge in [0.05, 0.1) is 0 Å². The molecule has 0 bridgehead atoms. The van der Waals surface area contributed by atoms with Crippen LogP contribution in [0.3, 0.4) is 0 Å². The Hall–Kier alpha value is -0.470. The molecule has 1 unspecified atom stereocenters. The molecule has 0 saturated carbocycles. The van der Waals surface area contributed by atoms with Crippen LogP contribution in [0.25, 0.3) is 0 Å². The summed E-state index contributed by atoms with van der Waals surface area (Å²) < 4.78 is 0. The van der Waals surface area contributed by atoms with Crippen LogP contribution in [0.15, 0.2) is 29.2 Å². The lowest BCUT2D eigenvalue weighted by Crippen LogP contribution is -2.12. The second kappa shape index (κ2) is 4.53. The Morgan fingerprint density at radius 2 is 2.25 bits per heavy atom. The average Bonchev–Trinajstić information content (AvgIpc) is 2.04. The summed E-state index contributed by atoms with van der Waals surface area (Å²) in [6.07, 6.45) is 0. The number of hydrogen-bond donors (Lipinski definition) is 1. The van der Waals surface area contributed by atoms with Crippen molar-refractivity contribution in [2.75, 3.05) is 6.54 Å². The predicted molar refractivity (Wildman–Crippen MR) is 55.6 cm³/mol. The van der Waals surface area contributed by atoms with Gasteiger partial charge < -0.3 is 5.73 Å². The smallest absolute Gasteiger partial charge is 0.0189 e. The van der Waals surface area contributed by atoms with Gasteiger partial charge in [-0.25, -0.2) is 0 Å². The highest BCUT2D eigenvalue weighted by Crippen LogP contribution is 2.22. The Morgan fingerprint density at radius 3 is 2.83 bits per heavy atom. The summed E-state index contributed by atoms with van der Waals surface area (Å²) in [5.41, 5.74) is 6.85. The zero-order valence-electron chi connectivity index (χ0n) is 7.58. The molecule has 0 radical (unpaired) electrons. The highest BCUT2D eigenvalue weighted by molar-refractivity contribution is 8.00. The van der Waals surface area contributed by atoms with Gasteiger partial charge in [0.1, 0.15) is 0 Å². The highest BCUT2D eigenvalue weighted by Gasteiger charge is 2.00. The maximum atomic E-state index is 5.54. The summed E-state index contributed by atoms with van der Waals surface area (Å²) >= 11 is 1.83. The van der Waals surface area contributed by atoms with Crippen LogP contribution >= 0.6 is 11.8 Å². The first-order valence-corrected chi connectivity index (χ1v) is 5.03. The third kappa shape index (κ3) is 2.88. The van der Waals surface area contributed by atoms with E-state index in [-0.39, 0.29) is 0 Å². The number of rotatable bonds is 3. The van der Waals surface area contributed by atoms with Crippen LogP contribution in [-0.4, -0.2) is 11.8 Å². The van der Waals surface area contributed by atoms with Gasteiger partial charge in [-0.1, -0.05) is 24.6 Å². The van der Waals surface area contributed by atoms with E-state index in [1.807, 2.05) is 11.8 Å². The van der Waals surface area contributed by atoms with Crippen molar-refractivity contribution in [1.29, 1.82) is 0 Å². The first-order chi connectivity index (χ1) is 5.72. The van der Waals surface area contributed by atoms with Gasteiger partial charge >= 0.3 is 0 Å². The molecule has 0 heterocycles. The van der Waals surface area contributed by atoms with Crippen molar-refractivity contribution in [2.24, 2.45) is 5.73 Å². The van der Waals surface area contributed by atoms with Crippen LogP contribution in [0, 0.1) is 6.92 Å². The van der Waals surface area contributed by atoms with Crippen LogP contribution in [0.4, 0.5) is 0 Å². The number of aryl methyl sites for hydroxylation is 1. The Morgan fingerprint density at radius 1 is 1.50 bits per heavy atom. The fraction of sp³-hybridized carbons (Fsp3) is 0.400. The fourth-order valence-corrected chi connectivity index (χ4v) is 1.94. The van der Waals surface area contributed by atoms with Crippen molar-refractivity contribution in [2.45, 2.75) is 24.0 Å². The second-order valence-electron chi connectivity index (χ2n) is 2.98. The lowest BCUT2D eigenvalue weighted by atomic mass is 10.2. The summed E-state index contributed by atoms with van der Waals surface area (Å²) in [6, 6.07) is 8.51. The fourth-order valence-electron chi connectivity index (χ4n) is 0.969. The van der Waals surface area contributed by atoms with Crippen LogP contribution < -0.4 is 5.73 Å². The molecule has 0 aromatic heterocycles. The molecule has 0 aliphatic rings. The molecule has 0 aliphatic carbocycles. The molecule has 1 nitrogen and oxygen atoms in total. The number of nitrogens with two attached hydrogens (primary N) is 1. The number of benzene rings is 1. The van der Waals surface area contributed by atoms with E-state index in [1.54, 1.807) is 0 Å². The molecule has 0 spiro atoms. The maximum Gasteiger partial charge on any atom is 0.0189 e. The van der Waals surface area contributed by atoms with Crippen LogP contribution in [0.2, 0.25) is 0 Å². The molecule has 0 saturated heterocycles. The maximum absolute atomic E-state index is 5.54. The molecular weight excluding hydrogens is 166 g/mol. The SMILES string of the molecule is Cc1cccc(SC(C)CN)c1. The van der Waals surface area contributed by atoms with Crippen LogP contribution in [0.1, 0.15) is 12.5 Å². The molecule has 0 fully saturated rings. The molecule has 1 aromatic rings. The minimum Gasteiger partial charge on any atom is -0.329 e. The molecule has 1 atom stereocenters. The largest absolute Gasteiger partial charge is 0.329 e. The van der Waals surface area contributed by atoms with E-state index in [1.165, 1.54) is 10.5 Å². The summed E-state index contributed by atoms with van der Waals surface area (Å²) in [5.74, 6) is 0. The third-order valence-electron chi connectivity index (χ3n) is 1.66. The summed E-state index contributed by atoms with van der Waals surface area (Å²) in [7, 11) is 0. The van der Waals surface area contributed by atoms with Gasteiger partial charge in [-0.2, -0.15) is 0 Å². The molecule has 66 valence electrons. The van der Waals surface area contributed by atoms with E-state index in [4.69, 9.17) is 5.73 Å². The van der Waals surface area contributed by atoms with Crippen molar-refractivity contribution < 1.29 is 0 Å². The quantitative estimate of drug-likeness (QED) is 0.725. The zero-order chi connectivity index (χ0) is 8.97. The van der Waals surface area contributed by atoms with Crippen molar-refractivity contribution in [1.82, 2.24) is 0 Å². The number of hydrogen-bond acceptors (Lipinski definition) is 2. The molecule has 2 heteroatoms. The second-order valence-corrected chi connectivity index (χ2v) is 4.49. The first kappa shape index (κ1) is 9.62. The minimum atomic E-state index is 0.506. The van der Waals surface area contributed by atoms with E-state index in [0.717, 1.165) is 6.54 Å². The Labute approximate surface area is 78.4 Å². The Balaban J connectivity index is 2.63. The molecular formula is C10H15NS. The lowest BCUT2D eigenvalue weighted by Gasteiger charge is -2.07. The normalized spacial score (nSPS) is 12.9. The van der Waals surface area contributed by atoms with Crippen molar-refractivity contribution in [3.05, 3.63) is 29.8 Å². The van der Waals surface area contributed by atoms with E-state index in [9.17, 15) is 0 Å². The van der Waals surface area contributed by atoms with Gasteiger partial charge in [0.15, 0.2) is 0 Å². The lowest BCUT2D eigenvalue weighted by molar-refractivity contribution is 0.951. The predicted octanol–water partition coefficient (Wildman–Crippen LogP) is 2.43. The van der Waals surface area contributed by atoms with E-state index >= 15 is 0 Å². The molecule has 12 heavy (non-hydrogen) atoms. The van der Waals surface area contributed by atoms with Crippen LogP contribution in [-0.2, 0) is 0 Å². The van der Waals surface area contributed by atoms with Crippen LogP contribution in [0.5, 0.6) is 0 Å². The summed E-state index contributed by atoms with van der Waals surface area (Å²) in [6.45, 7) is 4.99. The molecule has 1 rings (SSSR count). The summed E-state index contributed by atoms with van der Waals surface area (Å²) in [5, 5.41) is 0.506. The highest BCUT2D eigenvalue weighted by atomic mass is 32.2. The topological polar surface area (TPSA) is 26.0 Å². The standard InChI is InChI=1S/C10H15NS/c1-8-4-3-5-10(6-8)12-9(2)7-11/h3-6,9H,7,11H2,1-2H3. The Kier molecular flexibility index (Phi) is 3.63. The zero-order valence-corrected chi connectivity index (χ0v) is 8.40. The molecule has 2 N–H and O–H groups in total. The number of thioether (sulfide) groups is 1. The minimum absolute atomic E-state index is 0.506. The van der Waals surface area contributed by atoms with Gasteiger partial charge in [0.25, 0.3) is 0 Å². The van der Waals surface area contributed by atoms with Gasteiger partial charge in [-0.15, -0.1) is 11.8 Å². The monoisotopic (exact) mass is 181 g/mol. The van der Waals surface area contributed by atoms with Gasteiger partial charge in [0, 0.05) is 16.7 Å². The van der Waals surface area contributed by atoms with Gasteiger partial charge in [-0.3, -0.25) is 0 Å². The average molecular weight is 181 g/mol. The van der Waals surface area contributed by atoms with Crippen molar-refractivity contribution in [3.8, 4) is 0 Å². The summed E-state index contributed by atoms with van der Waals surface area (Å²) in [4.78, 5) is 1.31.